The van der Waals surface area contributed by atoms with Crippen LogP contribution in [-0.4, -0.2) is 49.0 Å². The van der Waals surface area contributed by atoms with Gasteiger partial charge in [-0.1, -0.05) is 18.2 Å². The number of rotatable bonds is 7. The number of carbonyl (C=O) groups is 1. The van der Waals surface area contributed by atoms with Crippen LogP contribution in [0.2, 0.25) is 0 Å². The zero-order chi connectivity index (χ0) is 25.0. The molecule has 0 saturated heterocycles. The number of alkyl halides is 3. The Morgan fingerprint density at radius 2 is 1.89 bits per heavy atom. The molecule has 1 aliphatic rings. The van der Waals surface area contributed by atoms with Crippen LogP contribution in [-0.2, 0) is 4.74 Å². The summed E-state index contributed by atoms with van der Waals surface area (Å²) in [6.07, 6.45) is 1.92. The summed E-state index contributed by atoms with van der Waals surface area (Å²) in [5.41, 5.74) is 5.10. The molecular formula is C23H23F3N6O2S. The summed E-state index contributed by atoms with van der Waals surface area (Å²) in [7, 11) is 1.64. The van der Waals surface area contributed by atoms with Gasteiger partial charge in [0.1, 0.15) is 18.2 Å². The number of nitrogens with zero attached hydrogens (tertiary/aromatic N) is 3. The Morgan fingerprint density at radius 3 is 2.60 bits per heavy atom. The molecule has 1 aromatic heterocycles. The standard InChI is InChI=1S/C23H23F3N6O2S/c1-34-12-11-31-14-28-21(27)20-19(9-10-32(20)31)15-5-7-16(8-6-15)29-22(33)30-17-3-2-4-18(13-17)35-23(24,25)26/h2-10,13H,11-12,14H2,1H3,(H2,27,28)(H2,29,30,33). The maximum absolute atomic E-state index is 12.6. The number of nitrogens with one attached hydrogen (secondary N) is 2. The Labute approximate surface area is 203 Å². The lowest BCUT2D eigenvalue weighted by molar-refractivity contribution is -0.0328. The molecule has 0 atom stereocenters. The van der Waals surface area contributed by atoms with Crippen LogP contribution >= 0.6 is 11.8 Å². The number of carbonyl (C=O) groups excluding carboxylic acids is 1. The number of methoxy groups -OCH3 is 1. The van der Waals surface area contributed by atoms with Crippen LogP contribution in [0.25, 0.3) is 11.1 Å². The number of hydrogen-bond acceptors (Lipinski definition) is 6. The molecule has 184 valence electrons. The van der Waals surface area contributed by atoms with Crippen LogP contribution in [0.5, 0.6) is 0 Å². The van der Waals surface area contributed by atoms with Gasteiger partial charge in [0, 0.05) is 35.1 Å². The second-order valence-corrected chi connectivity index (χ2v) is 8.70. The average Bonchev–Trinajstić information content (AvgIpc) is 3.24. The van der Waals surface area contributed by atoms with Crippen molar-refractivity contribution >= 4 is 35.0 Å². The molecule has 0 aliphatic carbocycles. The van der Waals surface area contributed by atoms with E-state index in [-0.39, 0.29) is 22.3 Å². The van der Waals surface area contributed by atoms with Crippen LogP contribution in [0.3, 0.4) is 0 Å². The second kappa shape index (κ2) is 10.3. The first-order valence-corrected chi connectivity index (χ1v) is 11.4. The third kappa shape index (κ3) is 6.08. The molecule has 0 unspecified atom stereocenters. The molecule has 0 bridgehead atoms. The fraction of sp³-hybridized carbons (Fsp3) is 0.217. The summed E-state index contributed by atoms with van der Waals surface area (Å²) < 4.78 is 44.9. The Bertz CT molecular complexity index is 1230. The van der Waals surface area contributed by atoms with Crippen LogP contribution in [0.4, 0.5) is 29.3 Å². The summed E-state index contributed by atoms with van der Waals surface area (Å²) >= 11 is -0.240. The zero-order valence-electron chi connectivity index (χ0n) is 18.7. The zero-order valence-corrected chi connectivity index (χ0v) is 19.5. The van der Waals surface area contributed by atoms with Gasteiger partial charge in [-0.05, 0) is 53.7 Å². The van der Waals surface area contributed by atoms with Gasteiger partial charge in [0.25, 0.3) is 0 Å². The van der Waals surface area contributed by atoms with E-state index in [0.717, 1.165) is 16.8 Å². The molecule has 0 radical (unpaired) electrons. The summed E-state index contributed by atoms with van der Waals surface area (Å²) in [5, 5.41) is 7.24. The van der Waals surface area contributed by atoms with Gasteiger partial charge in [-0.2, -0.15) is 13.2 Å². The number of thioether (sulfide) groups is 1. The van der Waals surface area contributed by atoms with Crippen LogP contribution in [0.1, 0.15) is 5.69 Å². The van der Waals surface area contributed by atoms with Crippen molar-refractivity contribution < 1.29 is 22.7 Å². The minimum Gasteiger partial charge on any atom is -0.383 e. The van der Waals surface area contributed by atoms with Crippen molar-refractivity contribution in [2.75, 3.05) is 42.6 Å². The van der Waals surface area contributed by atoms with E-state index in [0.29, 0.717) is 31.3 Å². The Kier molecular flexibility index (Phi) is 7.22. The lowest BCUT2D eigenvalue weighted by Crippen LogP contribution is -2.43. The number of amidine groups is 1. The highest BCUT2D eigenvalue weighted by atomic mass is 32.2. The van der Waals surface area contributed by atoms with Gasteiger partial charge in [0.15, 0.2) is 0 Å². The summed E-state index contributed by atoms with van der Waals surface area (Å²) in [6, 6.07) is 14.1. The summed E-state index contributed by atoms with van der Waals surface area (Å²) in [5.74, 6) is 0.436. The SMILES string of the molecule is COCCN1CN=C(N)c2c(-c3ccc(NC(=O)Nc4cccc(SC(F)(F)F)c4)cc3)ccn21. The molecule has 4 N–H and O–H groups in total. The quantitative estimate of drug-likeness (QED) is 0.407. The highest BCUT2D eigenvalue weighted by Gasteiger charge is 2.29. The first-order valence-electron chi connectivity index (χ1n) is 10.5. The summed E-state index contributed by atoms with van der Waals surface area (Å²) in [4.78, 5) is 16.7. The largest absolute Gasteiger partial charge is 0.446 e. The highest BCUT2D eigenvalue weighted by Crippen LogP contribution is 2.37. The predicted molar refractivity (Wildman–Crippen MR) is 131 cm³/mol. The van der Waals surface area contributed by atoms with Crippen LogP contribution in [0, 0.1) is 0 Å². The monoisotopic (exact) mass is 504 g/mol. The van der Waals surface area contributed by atoms with E-state index >= 15 is 0 Å². The minimum absolute atomic E-state index is 0.0147. The molecular weight excluding hydrogens is 481 g/mol. The smallest absolute Gasteiger partial charge is 0.383 e. The molecule has 35 heavy (non-hydrogen) atoms. The van der Waals surface area contributed by atoms with Crippen molar-refractivity contribution in [3.63, 3.8) is 0 Å². The van der Waals surface area contributed by atoms with E-state index in [1.54, 1.807) is 19.2 Å². The van der Waals surface area contributed by atoms with Crippen LogP contribution < -0.4 is 21.4 Å². The van der Waals surface area contributed by atoms with E-state index in [2.05, 4.69) is 15.6 Å². The summed E-state index contributed by atoms with van der Waals surface area (Å²) in [6.45, 7) is 1.65. The minimum atomic E-state index is -4.40. The second-order valence-electron chi connectivity index (χ2n) is 7.56. The molecule has 2 amide bonds. The number of hydrogen-bond donors (Lipinski definition) is 3. The number of urea groups is 1. The molecule has 0 spiro atoms. The van der Waals surface area contributed by atoms with E-state index in [9.17, 15) is 18.0 Å². The number of ether oxygens (including phenoxy) is 1. The number of amides is 2. The van der Waals surface area contributed by atoms with Crippen molar-refractivity contribution in [3.05, 3.63) is 66.5 Å². The Hall–Kier alpha value is -3.64. The lowest BCUT2D eigenvalue weighted by atomic mass is 10.1. The van der Waals surface area contributed by atoms with Crippen molar-refractivity contribution in [2.45, 2.75) is 10.4 Å². The number of aromatic nitrogens is 1. The maximum atomic E-state index is 12.6. The van der Waals surface area contributed by atoms with E-state index in [1.165, 1.54) is 24.3 Å². The fourth-order valence-corrected chi connectivity index (χ4v) is 4.22. The first kappa shape index (κ1) is 24.5. The van der Waals surface area contributed by atoms with Gasteiger partial charge in [0.05, 0.1) is 13.2 Å². The van der Waals surface area contributed by atoms with Gasteiger partial charge in [-0.15, -0.1) is 0 Å². The Balaban J connectivity index is 1.43. The molecule has 0 saturated carbocycles. The molecule has 3 aromatic rings. The van der Waals surface area contributed by atoms with Crippen molar-refractivity contribution in [2.24, 2.45) is 10.7 Å². The molecule has 4 rings (SSSR count). The fourth-order valence-electron chi connectivity index (χ4n) is 3.62. The molecule has 0 fully saturated rings. The highest BCUT2D eigenvalue weighted by molar-refractivity contribution is 8.00. The van der Waals surface area contributed by atoms with Crippen molar-refractivity contribution in [1.82, 2.24) is 4.68 Å². The number of benzene rings is 2. The van der Waals surface area contributed by atoms with Gasteiger partial charge < -0.3 is 21.1 Å². The van der Waals surface area contributed by atoms with E-state index in [4.69, 9.17) is 10.5 Å². The van der Waals surface area contributed by atoms with Crippen LogP contribution in [0.15, 0.2) is 70.7 Å². The van der Waals surface area contributed by atoms with Crippen molar-refractivity contribution in [1.29, 1.82) is 0 Å². The molecule has 12 heteroatoms. The topological polar surface area (TPSA) is 96.9 Å². The molecule has 1 aliphatic heterocycles. The van der Waals surface area contributed by atoms with E-state index in [1.807, 2.05) is 34.1 Å². The Morgan fingerprint density at radius 1 is 1.14 bits per heavy atom. The molecule has 2 heterocycles. The van der Waals surface area contributed by atoms with E-state index < -0.39 is 11.5 Å². The number of halogens is 3. The van der Waals surface area contributed by atoms with Gasteiger partial charge >= 0.3 is 11.5 Å². The molecule has 2 aromatic carbocycles. The van der Waals surface area contributed by atoms with Gasteiger partial charge in [-0.3, -0.25) is 9.69 Å². The predicted octanol–water partition coefficient (Wildman–Crippen LogP) is 4.67. The van der Waals surface area contributed by atoms with Gasteiger partial charge in [0.2, 0.25) is 0 Å². The lowest BCUT2D eigenvalue weighted by Gasteiger charge is -2.29. The number of aliphatic imine (C=N–C) groups is 1. The normalized spacial score (nSPS) is 13.3. The number of fused-ring (bicyclic) bond motifs is 1. The maximum Gasteiger partial charge on any atom is 0.446 e. The number of anilines is 2. The molecule has 8 nitrogen and oxygen atoms in total. The average molecular weight is 505 g/mol. The number of nitrogens with two attached hydrogens (primary N) is 1. The first-order chi connectivity index (χ1) is 16.7. The third-order valence-electron chi connectivity index (χ3n) is 5.15. The van der Waals surface area contributed by atoms with Crippen molar-refractivity contribution in [3.8, 4) is 11.1 Å². The van der Waals surface area contributed by atoms with Gasteiger partial charge in [-0.25, -0.2) is 9.79 Å². The third-order valence-corrected chi connectivity index (χ3v) is 5.87.